The fourth-order valence-corrected chi connectivity index (χ4v) is 2.92. The molecule has 24 heavy (non-hydrogen) atoms. The maximum Gasteiger partial charge on any atom is 0.410 e. The maximum absolute atomic E-state index is 14.5. The van der Waals surface area contributed by atoms with E-state index in [4.69, 9.17) is 4.74 Å². The van der Waals surface area contributed by atoms with Crippen LogP contribution in [0.3, 0.4) is 0 Å². The lowest BCUT2D eigenvalue weighted by molar-refractivity contribution is -0.0856. The Kier molecular flexibility index (Phi) is 5.18. The second kappa shape index (κ2) is 6.54. The number of carbonyl (C=O) groups is 1. The molecule has 3 nitrogen and oxygen atoms in total. The summed E-state index contributed by atoms with van der Waals surface area (Å²) >= 11 is 2.82. The summed E-state index contributed by atoms with van der Waals surface area (Å²) in [5, 5.41) is 0. The van der Waals surface area contributed by atoms with Crippen molar-refractivity contribution in [2.45, 2.75) is 44.6 Å². The van der Waals surface area contributed by atoms with Gasteiger partial charge in [0.2, 0.25) is 0 Å². The molecule has 1 aliphatic rings. The molecular weight excluding hydrogens is 394 g/mol. The lowest BCUT2D eigenvalue weighted by atomic mass is 9.86. The lowest BCUT2D eigenvalue weighted by Crippen LogP contribution is -2.51. The van der Waals surface area contributed by atoms with Crippen LogP contribution in [0.25, 0.3) is 0 Å². The highest BCUT2D eigenvalue weighted by Gasteiger charge is 2.48. The molecule has 0 aromatic heterocycles. The quantitative estimate of drug-likeness (QED) is 0.475. The Labute approximate surface area is 146 Å². The highest BCUT2D eigenvalue weighted by atomic mass is 79.9. The van der Waals surface area contributed by atoms with Crippen LogP contribution in [-0.2, 0) is 4.74 Å². The van der Waals surface area contributed by atoms with Gasteiger partial charge in [-0.15, -0.1) is 0 Å². The van der Waals surface area contributed by atoms with Gasteiger partial charge >= 0.3 is 6.09 Å². The Morgan fingerprint density at radius 2 is 1.92 bits per heavy atom. The van der Waals surface area contributed by atoms with E-state index < -0.39 is 41.7 Å². The van der Waals surface area contributed by atoms with E-state index in [1.165, 1.54) is 6.07 Å². The number of piperidine rings is 1. The first-order valence-electron chi connectivity index (χ1n) is 7.41. The maximum atomic E-state index is 14.5. The standard InChI is InChI=1S/C16H18BrF4NO2/c1-15(2,3)24-14(23)22-7-6-10(16(20,21)8-22)9-4-5-11(17)13(19)12(9)18/h4-5,10H,6-8H2,1-3H3/t10-/m1/s1. The summed E-state index contributed by atoms with van der Waals surface area (Å²) in [4.78, 5) is 12.8. The first-order valence-corrected chi connectivity index (χ1v) is 8.21. The number of benzene rings is 1. The van der Waals surface area contributed by atoms with Gasteiger partial charge in [0.1, 0.15) is 5.60 Å². The van der Waals surface area contributed by atoms with Gasteiger partial charge in [-0.2, -0.15) is 0 Å². The molecule has 1 aliphatic heterocycles. The largest absolute Gasteiger partial charge is 0.444 e. The third-order valence-corrected chi connectivity index (χ3v) is 4.30. The summed E-state index contributed by atoms with van der Waals surface area (Å²) in [6.45, 7) is 3.98. The van der Waals surface area contributed by atoms with E-state index >= 15 is 0 Å². The van der Waals surface area contributed by atoms with Crippen LogP contribution in [0.1, 0.15) is 38.7 Å². The number of hydrogen-bond acceptors (Lipinski definition) is 2. The van der Waals surface area contributed by atoms with E-state index in [0.717, 1.165) is 11.0 Å². The van der Waals surface area contributed by atoms with Crippen LogP contribution in [0.4, 0.5) is 22.4 Å². The molecule has 0 radical (unpaired) electrons. The number of nitrogens with zero attached hydrogens (tertiary/aromatic N) is 1. The van der Waals surface area contributed by atoms with Crippen LogP contribution < -0.4 is 0 Å². The number of carbonyl (C=O) groups excluding carboxylic acids is 1. The third-order valence-electron chi connectivity index (χ3n) is 3.69. The third kappa shape index (κ3) is 4.02. The van der Waals surface area contributed by atoms with E-state index in [1.807, 2.05) is 0 Å². The zero-order valence-electron chi connectivity index (χ0n) is 13.5. The van der Waals surface area contributed by atoms with Gasteiger partial charge in [0.15, 0.2) is 11.6 Å². The van der Waals surface area contributed by atoms with E-state index in [9.17, 15) is 22.4 Å². The molecule has 0 bridgehead atoms. The van der Waals surface area contributed by atoms with Crippen molar-refractivity contribution in [3.63, 3.8) is 0 Å². The number of ether oxygens (including phenoxy) is 1. The summed E-state index contributed by atoms with van der Waals surface area (Å²) in [5.41, 5.74) is -1.19. The molecule has 1 heterocycles. The Hall–Kier alpha value is -1.31. The minimum Gasteiger partial charge on any atom is -0.444 e. The summed E-state index contributed by atoms with van der Waals surface area (Å²) < 4.78 is 61.5. The minimum absolute atomic E-state index is 0.0215. The molecule has 1 amide bonds. The van der Waals surface area contributed by atoms with Crippen molar-refractivity contribution in [3.05, 3.63) is 33.8 Å². The van der Waals surface area contributed by atoms with E-state index in [1.54, 1.807) is 20.8 Å². The van der Waals surface area contributed by atoms with Crippen LogP contribution in [0, 0.1) is 11.6 Å². The molecule has 1 aromatic rings. The van der Waals surface area contributed by atoms with Gasteiger partial charge in [-0.1, -0.05) is 6.07 Å². The summed E-state index contributed by atoms with van der Waals surface area (Å²) in [5.74, 6) is -7.38. The van der Waals surface area contributed by atoms with E-state index in [0.29, 0.717) is 0 Å². The van der Waals surface area contributed by atoms with Gasteiger partial charge in [-0.05, 0) is 49.2 Å². The first kappa shape index (κ1) is 19.0. The van der Waals surface area contributed by atoms with Crippen molar-refractivity contribution in [1.82, 2.24) is 4.90 Å². The van der Waals surface area contributed by atoms with Crippen LogP contribution in [0.2, 0.25) is 0 Å². The molecule has 1 atom stereocenters. The zero-order valence-corrected chi connectivity index (χ0v) is 15.1. The van der Waals surface area contributed by atoms with Crippen molar-refractivity contribution >= 4 is 22.0 Å². The highest BCUT2D eigenvalue weighted by Crippen LogP contribution is 2.42. The topological polar surface area (TPSA) is 29.5 Å². The van der Waals surface area contributed by atoms with Gasteiger partial charge in [-0.3, -0.25) is 0 Å². The van der Waals surface area contributed by atoms with Gasteiger partial charge in [0.05, 0.1) is 16.9 Å². The smallest absolute Gasteiger partial charge is 0.410 e. The molecule has 1 aromatic carbocycles. The summed E-state index contributed by atoms with van der Waals surface area (Å²) in [6, 6.07) is 2.34. The molecule has 0 unspecified atom stereocenters. The molecule has 2 rings (SSSR count). The predicted molar refractivity (Wildman–Crippen MR) is 84.2 cm³/mol. The molecule has 1 saturated heterocycles. The Morgan fingerprint density at radius 3 is 2.46 bits per heavy atom. The number of rotatable bonds is 1. The van der Waals surface area contributed by atoms with Crippen molar-refractivity contribution in [1.29, 1.82) is 0 Å². The molecule has 0 saturated carbocycles. The fourth-order valence-electron chi connectivity index (χ4n) is 2.62. The van der Waals surface area contributed by atoms with Crippen LogP contribution in [0.15, 0.2) is 16.6 Å². The first-order chi connectivity index (χ1) is 10.9. The Morgan fingerprint density at radius 1 is 1.29 bits per heavy atom. The molecule has 0 spiro atoms. The average molecular weight is 412 g/mol. The Bertz CT molecular complexity index is 646. The van der Waals surface area contributed by atoms with Crippen molar-refractivity contribution in [2.24, 2.45) is 0 Å². The van der Waals surface area contributed by atoms with Gasteiger partial charge in [0.25, 0.3) is 5.92 Å². The summed E-state index contributed by atoms with van der Waals surface area (Å²) in [6.07, 6.45) is -1.03. The minimum atomic E-state index is -3.39. The van der Waals surface area contributed by atoms with Gasteiger partial charge < -0.3 is 9.64 Å². The number of likely N-dealkylation sites (tertiary alicyclic amines) is 1. The monoisotopic (exact) mass is 411 g/mol. The molecule has 1 fully saturated rings. The van der Waals surface area contributed by atoms with Crippen molar-refractivity contribution in [3.8, 4) is 0 Å². The lowest BCUT2D eigenvalue weighted by Gasteiger charge is -2.39. The SMILES string of the molecule is CC(C)(C)OC(=O)N1CC[C@H](c2ccc(Br)c(F)c2F)C(F)(F)C1. The van der Waals surface area contributed by atoms with E-state index in [-0.39, 0.29) is 23.0 Å². The van der Waals surface area contributed by atoms with Gasteiger partial charge in [0, 0.05) is 12.1 Å². The zero-order chi connectivity index (χ0) is 18.3. The normalized spacial score (nSPS) is 20.8. The fraction of sp³-hybridized carbons (Fsp3) is 0.562. The second-order valence-electron chi connectivity index (χ2n) is 6.77. The number of amides is 1. The highest BCUT2D eigenvalue weighted by molar-refractivity contribution is 9.10. The molecule has 8 heteroatoms. The number of alkyl halides is 2. The molecule has 134 valence electrons. The Balaban J connectivity index is 2.21. The summed E-state index contributed by atoms with van der Waals surface area (Å²) in [7, 11) is 0. The average Bonchev–Trinajstić information content (AvgIpc) is 2.43. The molecule has 0 N–H and O–H groups in total. The molecular formula is C16H18BrF4NO2. The molecule has 0 aliphatic carbocycles. The van der Waals surface area contributed by atoms with Crippen LogP contribution in [-0.4, -0.2) is 35.6 Å². The van der Waals surface area contributed by atoms with Crippen LogP contribution >= 0.6 is 15.9 Å². The van der Waals surface area contributed by atoms with Crippen molar-refractivity contribution in [2.75, 3.05) is 13.1 Å². The van der Waals surface area contributed by atoms with Gasteiger partial charge in [-0.25, -0.2) is 22.4 Å². The van der Waals surface area contributed by atoms with Crippen LogP contribution in [0.5, 0.6) is 0 Å². The predicted octanol–water partition coefficient (Wildman–Crippen LogP) is 5.09. The van der Waals surface area contributed by atoms with Crippen molar-refractivity contribution < 1.29 is 27.1 Å². The number of hydrogen-bond donors (Lipinski definition) is 0. The van der Waals surface area contributed by atoms with E-state index in [2.05, 4.69) is 15.9 Å². The number of halogens is 5. The second-order valence-corrected chi connectivity index (χ2v) is 7.62.